The quantitative estimate of drug-likeness (QED) is 0.750. The van der Waals surface area contributed by atoms with E-state index in [1.807, 2.05) is 18.2 Å². The molecule has 0 amide bonds. The Morgan fingerprint density at radius 3 is 2.57 bits per heavy atom. The highest BCUT2D eigenvalue weighted by molar-refractivity contribution is 5.85. The van der Waals surface area contributed by atoms with Crippen molar-refractivity contribution in [3.05, 3.63) is 65.4 Å². The summed E-state index contributed by atoms with van der Waals surface area (Å²) in [4.78, 5) is 0. The molecule has 0 aliphatic heterocycles. The predicted octanol–water partition coefficient (Wildman–Crippen LogP) is 4.57. The van der Waals surface area contributed by atoms with Gasteiger partial charge >= 0.3 is 0 Å². The van der Waals surface area contributed by atoms with Crippen molar-refractivity contribution in [1.82, 2.24) is 4.57 Å². The molecule has 1 aromatic heterocycles. The number of hydrogen-bond donors (Lipinski definition) is 1. The number of para-hydroxylation sites is 1. The van der Waals surface area contributed by atoms with Crippen LogP contribution in [0.5, 0.6) is 5.75 Å². The third-order valence-electron chi connectivity index (χ3n) is 4.26. The highest BCUT2D eigenvalue weighted by Gasteiger charge is 2.14. The summed E-state index contributed by atoms with van der Waals surface area (Å²) in [5.74, 6) is 0.937. The van der Waals surface area contributed by atoms with Crippen molar-refractivity contribution in [3.63, 3.8) is 0 Å². The highest BCUT2D eigenvalue weighted by atomic mass is 16.5. The van der Waals surface area contributed by atoms with E-state index >= 15 is 0 Å². The number of hydrogen-bond acceptors (Lipinski definition) is 2. The fourth-order valence-electron chi connectivity index (χ4n) is 3.14. The van der Waals surface area contributed by atoms with Crippen LogP contribution < -0.4 is 10.5 Å². The molecule has 0 unspecified atom stereocenters. The minimum absolute atomic E-state index is 0.371. The van der Waals surface area contributed by atoms with Gasteiger partial charge < -0.3 is 15.0 Å². The molecule has 23 heavy (non-hydrogen) atoms. The Hall–Kier alpha value is -2.26. The van der Waals surface area contributed by atoms with Gasteiger partial charge in [0.05, 0.1) is 5.69 Å². The molecule has 2 N–H and O–H groups in total. The van der Waals surface area contributed by atoms with E-state index in [0.29, 0.717) is 19.2 Å². The first-order valence-corrected chi connectivity index (χ1v) is 8.12. The third-order valence-corrected chi connectivity index (χ3v) is 4.26. The van der Waals surface area contributed by atoms with Gasteiger partial charge in [0.25, 0.3) is 0 Å². The fourth-order valence-corrected chi connectivity index (χ4v) is 3.14. The smallest absolute Gasteiger partial charge is 0.128 e. The van der Waals surface area contributed by atoms with Crippen LogP contribution in [0.2, 0.25) is 0 Å². The van der Waals surface area contributed by atoms with E-state index in [-0.39, 0.29) is 0 Å². The number of aromatic nitrogens is 1. The number of nitrogens with two attached hydrogens (primary N) is 1. The summed E-state index contributed by atoms with van der Waals surface area (Å²) in [6.07, 6.45) is 0. The van der Waals surface area contributed by atoms with Crippen LogP contribution in [0.1, 0.15) is 36.7 Å². The van der Waals surface area contributed by atoms with Crippen LogP contribution in [-0.2, 0) is 13.2 Å². The van der Waals surface area contributed by atoms with Gasteiger partial charge in [0.1, 0.15) is 12.4 Å². The average molecular weight is 308 g/mol. The van der Waals surface area contributed by atoms with Crippen LogP contribution in [-0.4, -0.2) is 4.57 Å². The molecule has 0 saturated carbocycles. The molecule has 3 nitrogen and oxygen atoms in total. The summed E-state index contributed by atoms with van der Waals surface area (Å²) in [5.41, 5.74) is 10.6. The van der Waals surface area contributed by atoms with Crippen molar-refractivity contribution in [2.24, 2.45) is 5.73 Å². The first kappa shape index (κ1) is 15.6. The summed E-state index contributed by atoms with van der Waals surface area (Å²) in [6, 6.07) is 17.0. The van der Waals surface area contributed by atoms with Gasteiger partial charge in [-0.25, -0.2) is 0 Å². The van der Waals surface area contributed by atoms with E-state index in [1.165, 1.54) is 22.2 Å². The van der Waals surface area contributed by atoms with E-state index in [2.05, 4.69) is 55.7 Å². The first-order chi connectivity index (χ1) is 11.1. The molecule has 0 saturated heterocycles. The van der Waals surface area contributed by atoms with Gasteiger partial charge in [0.2, 0.25) is 0 Å². The van der Waals surface area contributed by atoms with E-state index in [9.17, 15) is 0 Å². The molecule has 120 valence electrons. The molecule has 0 fully saturated rings. The van der Waals surface area contributed by atoms with Crippen LogP contribution in [0, 0.1) is 6.92 Å². The van der Waals surface area contributed by atoms with Crippen molar-refractivity contribution in [1.29, 1.82) is 0 Å². The van der Waals surface area contributed by atoms with Gasteiger partial charge in [-0.2, -0.15) is 0 Å². The van der Waals surface area contributed by atoms with Gasteiger partial charge in [-0.1, -0.05) is 30.3 Å². The molecule has 0 aliphatic carbocycles. The van der Waals surface area contributed by atoms with Gasteiger partial charge in [0, 0.05) is 23.5 Å². The Morgan fingerprint density at radius 1 is 1.09 bits per heavy atom. The minimum atomic E-state index is 0.371. The maximum atomic E-state index is 6.06. The first-order valence-electron chi connectivity index (χ1n) is 8.12. The zero-order chi connectivity index (χ0) is 16.4. The number of fused-ring (bicyclic) bond motifs is 1. The Kier molecular flexibility index (Phi) is 4.39. The summed E-state index contributed by atoms with van der Waals surface area (Å²) in [5, 5.41) is 1.23. The van der Waals surface area contributed by atoms with Crippen molar-refractivity contribution in [2.45, 2.75) is 40.0 Å². The van der Waals surface area contributed by atoms with E-state index < -0.39 is 0 Å². The monoisotopic (exact) mass is 308 g/mol. The topological polar surface area (TPSA) is 40.2 Å². The maximum Gasteiger partial charge on any atom is 0.128 e. The second-order valence-electron chi connectivity index (χ2n) is 6.21. The Balaban J connectivity index is 2.00. The minimum Gasteiger partial charge on any atom is -0.487 e. The zero-order valence-corrected chi connectivity index (χ0v) is 14.0. The summed E-state index contributed by atoms with van der Waals surface area (Å²) in [6.45, 7) is 7.58. The molecular weight excluding hydrogens is 284 g/mol. The molecular formula is C20H24N2O. The lowest BCUT2D eigenvalue weighted by atomic mass is 10.1. The van der Waals surface area contributed by atoms with Crippen molar-refractivity contribution < 1.29 is 4.74 Å². The number of rotatable bonds is 5. The molecule has 0 aliphatic rings. The molecule has 3 aromatic rings. The predicted molar refractivity (Wildman–Crippen MR) is 95.7 cm³/mol. The van der Waals surface area contributed by atoms with Crippen molar-refractivity contribution in [2.75, 3.05) is 0 Å². The second kappa shape index (κ2) is 6.47. The normalized spacial score (nSPS) is 11.3. The summed E-state index contributed by atoms with van der Waals surface area (Å²) in [7, 11) is 0. The highest BCUT2D eigenvalue weighted by Crippen LogP contribution is 2.28. The average Bonchev–Trinajstić information content (AvgIpc) is 2.92. The molecule has 0 bridgehead atoms. The van der Waals surface area contributed by atoms with Gasteiger partial charge in [0.15, 0.2) is 0 Å². The fraction of sp³-hybridized carbons (Fsp3) is 0.300. The molecule has 0 radical (unpaired) electrons. The Bertz CT molecular complexity index is 818. The lowest BCUT2D eigenvalue weighted by molar-refractivity contribution is 0.291. The van der Waals surface area contributed by atoms with Gasteiger partial charge in [-0.05, 0) is 50.1 Å². The van der Waals surface area contributed by atoms with Gasteiger partial charge in [-0.15, -0.1) is 0 Å². The molecule has 0 spiro atoms. The van der Waals surface area contributed by atoms with Crippen molar-refractivity contribution in [3.8, 4) is 5.75 Å². The third kappa shape index (κ3) is 2.97. The van der Waals surface area contributed by atoms with Crippen LogP contribution in [0.15, 0.2) is 48.5 Å². The Morgan fingerprint density at radius 2 is 1.87 bits per heavy atom. The van der Waals surface area contributed by atoms with Crippen LogP contribution in [0.4, 0.5) is 0 Å². The van der Waals surface area contributed by atoms with Crippen LogP contribution in [0.3, 0.4) is 0 Å². The van der Waals surface area contributed by atoms with Crippen LogP contribution >= 0.6 is 0 Å². The van der Waals surface area contributed by atoms with E-state index in [1.54, 1.807) is 0 Å². The van der Waals surface area contributed by atoms with Crippen LogP contribution in [0.25, 0.3) is 10.9 Å². The SMILES string of the molecule is Cc1ccccc1OCc1cc2c(CN)cccc2n1C(C)C. The molecule has 3 heteroatoms. The molecule has 1 heterocycles. The molecule has 2 aromatic carbocycles. The summed E-state index contributed by atoms with van der Waals surface area (Å²) >= 11 is 0. The lowest BCUT2D eigenvalue weighted by Crippen LogP contribution is -2.08. The van der Waals surface area contributed by atoms with Crippen molar-refractivity contribution >= 4 is 10.9 Å². The standard InChI is InChI=1S/C20H24N2O/c1-14(2)22-17(13-23-20-10-5-4-7-15(20)3)11-18-16(12-21)8-6-9-19(18)22/h4-11,14H,12-13,21H2,1-3H3. The maximum absolute atomic E-state index is 6.06. The lowest BCUT2D eigenvalue weighted by Gasteiger charge is -2.16. The van der Waals surface area contributed by atoms with E-state index in [0.717, 1.165) is 11.3 Å². The van der Waals surface area contributed by atoms with Gasteiger partial charge in [-0.3, -0.25) is 0 Å². The molecule has 0 atom stereocenters. The number of nitrogens with zero attached hydrogens (tertiary/aromatic N) is 1. The largest absolute Gasteiger partial charge is 0.487 e. The summed E-state index contributed by atoms with van der Waals surface area (Å²) < 4.78 is 8.40. The molecule has 3 rings (SSSR count). The van der Waals surface area contributed by atoms with E-state index in [4.69, 9.17) is 10.5 Å². The number of ether oxygens (including phenoxy) is 1. The second-order valence-corrected chi connectivity index (χ2v) is 6.21. The number of aryl methyl sites for hydroxylation is 1. The Labute approximate surface area is 137 Å². The zero-order valence-electron chi connectivity index (χ0n) is 14.0. The number of benzene rings is 2.